The second kappa shape index (κ2) is 5.80. The molecule has 0 aromatic heterocycles. The van der Waals surface area contributed by atoms with E-state index in [1.165, 1.54) is 5.56 Å². The van der Waals surface area contributed by atoms with Crippen molar-refractivity contribution in [2.45, 2.75) is 19.8 Å². The standard InChI is InChI=1S/C14H19NS/c1-11(2)12-5-7-13(8-6-12)14(16)9-10-15(3)4/h5-11H,1-4H3/b10-9+. The molecule has 0 amide bonds. The van der Waals surface area contributed by atoms with Crippen molar-refractivity contribution < 1.29 is 0 Å². The van der Waals surface area contributed by atoms with Gasteiger partial charge >= 0.3 is 0 Å². The maximum absolute atomic E-state index is 5.33. The third kappa shape index (κ3) is 3.78. The molecule has 0 saturated heterocycles. The smallest absolute Gasteiger partial charge is 0.0463 e. The minimum atomic E-state index is 0.569. The summed E-state index contributed by atoms with van der Waals surface area (Å²) in [4.78, 5) is 2.86. The van der Waals surface area contributed by atoms with Gasteiger partial charge in [0.2, 0.25) is 0 Å². The molecule has 0 unspecified atom stereocenters. The van der Waals surface area contributed by atoms with Gasteiger partial charge in [-0.2, -0.15) is 0 Å². The van der Waals surface area contributed by atoms with Crippen molar-refractivity contribution >= 4 is 17.1 Å². The van der Waals surface area contributed by atoms with Crippen LogP contribution in [-0.4, -0.2) is 23.9 Å². The number of nitrogens with zero attached hydrogens (tertiary/aromatic N) is 1. The van der Waals surface area contributed by atoms with Gasteiger partial charge in [-0.05, 0) is 29.3 Å². The molecular weight excluding hydrogens is 214 g/mol. The van der Waals surface area contributed by atoms with Gasteiger partial charge in [0.15, 0.2) is 0 Å². The average Bonchev–Trinajstić information content (AvgIpc) is 2.26. The van der Waals surface area contributed by atoms with Crippen molar-refractivity contribution in [2.24, 2.45) is 0 Å². The van der Waals surface area contributed by atoms with E-state index in [0.717, 1.165) is 10.4 Å². The van der Waals surface area contributed by atoms with Gasteiger partial charge in [0, 0.05) is 19.0 Å². The summed E-state index contributed by atoms with van der Waals surface area (Å²) < 4.78 is 0. The van der Waals surface area contributed by atoms with Crippen LogP contribution in [-0.2, 0) is 0 Å². The Kier molecular flexibility index (Phi) is 4.69. The molecule has 1 aromatic rings. The van der Waals surface area contributed by atoms with Crippen LogP contribution < -0.4 is 0 Å². The number of hydrogen-bond donors (Lipinski definition) is 0. The van der Waals surface area contributed by atoms with Crippen LogP contribution in [0.3, 0.4) is 0 Å². The third-order valence-electron chi connectivity index (χ3n) is 2.39. The molecule has 2 heteroatoms. The Labute approximate surface area is 104 Å². The lowest BCUT2D eigenvalue weighted by molar-refractivity contribution is 0.564. The number of thiocarbonyl (C=S) groups is 1. The lowest BCUT2D eigenvalue weighted by Gasteiger charge is -2.07. The molecule has 0 heterocycles. The van der Waals surface area contributed by atoms with Gasteiger partial charge in [0.05, 0.1) is 0 Å². The number of hydrogen-bond acceptors (Lipinski definition) is 2. The van der Waals surface area contributed by atoms with Crippen molar-refractivity contribution in [2.75, 3.05) is 14.1 Å². The van der Waals surface area contributed by atoms with Crippen LogP contribution in [0.15, 0.2) is 36.5 Å². The molecule has 1 rings (SSSR count). The van der Waals surface area contributed by atoms with Crippen LogP contribution in [0, 0.1) is 0 Å². The van der Waals surface area contributed by atoms with Crippen molar-refractivity contribution in [3.8, 4) is 0 Å². The maximum atomic E-state index is 5.33. The van der Waals surface area contributed by atoms with E-state index >= 15 is 0 Å². The Morgan fingerprint density at radius 1 is 1.19 bits per heavy atom. The molecule has 0 bridgehead atoms. The van der Waals surface area contributed by atoms with Crippen LogP contribution in [0.4, 0.5) is 0 Å². The first-order chi connectivity index (χ1) is 7.50. The summed E-state index contributed by atoms with van der Waals surface area (Å²) in [5.41, 5.74) is 2.46. The number of benzene rings is 1. The summed E-state index contributed by atoms with van der Waals surface area (Å²) in [7, 11) is 3.97. The van der Waals surface area contributed by atoms with Crippen LogP contribution in [0.2, 0.25) is 0 Å². The third-order valence-corrected chi connectivity index (χ3v) is 2.76. The Balaban J connectivity index is 2.78. The summed E-state index contributed by atoms with van der Waals surface area (Å²) >= 11 is 5.33. The zero-order valence-electron chi connectivity index (χ0n) is 10.4. The van der Waals surface area contributed by atoms with Gasteiger partial charge in [-0.25, -0.2) is 0 Å². The predicted molar refractivity (Wildman–Crippen MR) is 75.1 cm³/mol. The fourth-order valence-corrected chi connectivity index (χ4v) is 1.54. The van der Waals surface area contributed by atoms with E-state index in [9.17, 15) is 0 Å². The van der Waals surface area contributed by atoms with Crippen molar-refractivity contribution in [1.82, 2.24) is 4.90 Å². The van der Waals surface area contributed by atoms with Gasteiger partial charge in [0.1, 0.15) is 0 Å². The van der Waals surface area contributed by atoms with E-state index in [0.29, 0.717) is 5.92 Å². The fourth-order valence-electron chi connectivity index (χ4n) is 1.35. The molecule has 0 atom stereocenters. The van der Waals surface area contributed by atoms with Crippen molar-refractivity contribution in [1.29, 1.82) is 0 Å². The summed E-state index contributed by atoms with van der Waals surface area (Å²) in [6.45, 7) is 4.39. The highest BCUT2D eigenvalue weighted by Gasteiger charge is 2.00. The molecule has 0 saturated carbocycles. The number of rotatable bonds is 4. The zero-order valence-corrected chi connectivity index (χ0v) is 11.2. The van der Waals surface area contributed by atoms with E-state index in [2.05, 4.69) is 38.1 Å². The molecule has 86 valence electrons. The minimum absolute atomic E-state index is 0.569. The fraction of sp³-hybridized carbons (Fsp3) is 0.357. The van der Waals surface area contributed by atoms with Crippen molar-refractivity contribution in [3.05, 3.63) is 47.7 Å². The monoisotopic (exact) mass is 233 g/mol. The first-order valence-electron chi connectivity index (χ1n) is 5.49. The zero-order chi connectivity index (χ0) is 12.1. The molecule has 0 aliphatic heterocycles. The van der Waals surface area contributed by atoms with Gasteiger partial charge in [0.25, 0.3) is 0 Å². The van der Waals surface area contributed by atoms with Crippen LogP contribution >= 0.6 is 12.2 Å². The van der Waals surface area contributed by atoms with Crippen LogP contribution in [0.1, 0.15) is 30.9 Å². The second-order valence-electron chi connectivity index (χ2n) is 4.42. The number of allylic oxidation sites excluding steroid dienone is 1. The molecule has 1 nitrogen and oxygen atoms in total. The molecule has 0 N–H and O–H groups in total. The highest BCUT2D eigenvalue weighted by Crippen LogP contribution is 2.15. The Bertz CT molecular complexity index is 374. The first-order valence-corrected chi connectivity index (χ1v) is 5.90. The van der Waals surface area contributed by atoms with E-state index in [1.54, 1.807) is 0 Å². The van der Waals surface area contributed by atoms with Crippen LogP contribution in [0.25, 0.3) is 0 Å². The normalized spacial score (nSPS) is 11.1. The van der Waals surface area contributed by atoms with Crippen LogP contribution in [0.5, 0.6) is 0 Å². The first kappa shape index (κ1) is 12.9. The molecular formula is C14H19NS. The molecule has 0 fully saturated rings. The SMILES string of the molecule is CC(C)c1ccc(C(=S)/C=C/N(C)C)cc1. The van der Waals surface area contributed by atoms with E-state index in [1.807, 2.05) is 31.3 Å². The van der Waals surface area contributed by atoms with Gasteiger partial charge in [-0.1, -0.05) is 50.3 Å². The quantitative estimate of drug-likeness (QED) is 0.444. The summed E-state index contributed by atoms with van der Waals surface area (Å²) in [5, 5.41) is 0. The largest absolute Gasteiger partial charge is 0.383 e. The minimum Gasteiger partial charge on any atom is -0.383 e. The van der Waals surface area contributed by atoms with Gasteiger partial charge in [-0.3, -0.25) is 0 Å². The highest BCUT2D eigenvalue weighted by atomic mass is 32.1. The molecule has 1 aromatic carbocycles. The molecule has 0 spiro atoms. The molecule has 16 heavy (non-hydrogen) atoms. The highest BCUT2D eigenvalue weighted by molar-refractivity contribution is 7.81. The summed E-state index contributed by atoms with van der Waals surface area (Å²) in [5.74, 6) is 0.569. The maximum Gasteiger partial charge on any atom is 0.0463 e. The van der Waals surface area contributed by atoms with E-state index in [-0.39, 0.29) is 0 Å². The van der Waals surface area contributed by atoms with E-state index in [4.69, 9.17) is 12.2 Å². The Morgan fingerprint density at radius 3 is 2.19 bits per heavy atom. The topological polar surface area (TPSA) is 3.24 Å². The Morgan fingerprint density at radius 2 is 1.75 bits per heavy atom. The predicted octanol–water partition coefficient (Wildman–Crippen LogP) is 3.60. The molecule has 0 radical (unpaired) electrons. The average molecular weight is 233 g/mol. The van der Waals surface area contributed by atoms with Gasteiger partial charge in [-0.15, -0.1) is 0 Å². The van der Waals surface area contributed by atoms with Gasteiger partial charge < -0.3 is 4.90 Å². The lowest BCUT2D eigenvalue weighted by atomic mass is 10.0. The molecule has 0 aliphatic rings. The Hall–Kier alpha value is -1.15. The summed E-state index contributed by atoms with van der Waals surface area (Å²) in [6.07, 6.45) is 3.93. The van der Waals surface area contributed by atoms with E-state index < -0.39 is 0 Å². The second-order valence-corrected chi connectivity index (χ2v) is 4.86. The summed E-state index contributed by atoms with van der Waals surface area (Å²) in [6, 6.07) is 8.49. The molecule has 0 aliphatic carbocycles. The lowest BCUT2D eigenvalue weighted by Crippen LogP contribution is -2.02. The van der Waals surface area contributed by atoms with Crippen molar-refractivity contribution in [3.63, 3.8) is 0 Å².